The Kier molecular flexibility index (Phi) is 7.39. The Morgan fingerprint density at radius 3 is 2.44 bits per heavy atom. The van der Waals surface area contributed by atoms with Crippen molar-refractivity contribution in [3.63, 3.8) is 0 Å². The molecule has 12 heteroatoms. The average molecular weight is 563 g/mol. The van der Waals surface area contributed by atoms with Gasteiger partial charge in [-0.05, 0) is 42.2 Å². The lowest BCUT2D eigenvalue weighted by Crippen LogP contribution is -2.46. The van der Waals surface area contributed by atoms with E-state index in [4.69, 9.17) is 0 Å². The van der Waals surface area contributed by atoms with Crippen LogP contribution in [0.1, 0.15) is 51.6 Å². The Hall–Kier alpha value is -4.32. The lowest BCUT2D eigenvalue weighted by Gasteiger charge is -2.34. The summed E-state index contributed by atoms with van der Waals surface area (Å²) in [5.41, 5.74) is 1.32. The second kappa shape index (κ2) is 11.3. The Balaban J connectivity index is 1.00. The number of nitrogens with zero attached hydrogens (tertiary/aromatic N) is 6. The standard InChI is InChI=1S/C29H29F3N8O/c30-29(31,32)22-2-1-10-33-27(22)24(41)16-19-3-5-20(6-4-19)18-39-12-14-40(15-13-39)28-34-11-9-25(36-28)35-26-17-23(37-38-26)21-7-8-21/h1-6,9-11,17,21H,7-8,12-16,18H2,(H2,34,35,36,37,38). The number of hydrogen-bond acceptors (Lipinski definition) is 8. The van der Waals surface area contributed by atoms with Gasteiger partial charge in [-0.1, -0.05) is 24.3 Å². The third kappa shape index (κ3) is 6.54. The van der Waals surface area contributed by atoms with Gasteiger partial charge in [-0.15, -0.1) is 0 Å². The van der Waals surface area contributed by atoms with E-state index >= 15 is 0 Å². The number of piperazine rings is 1. The SMILES string of the molecule is O=C(Cc1ccc(CN2CCN(c3nccc(Nc4cc(C5CC5)[nH]n4)n3)CC2)cc1)c1ncccc1C(F)(F)F. The molecule has 0 spiro atoms. The van der Waals surface area contributed by atoms with E-state index in [2.05, 4.69) is 40.3 Å². The van der Waals surface area contributed by atoms with Crippen LogP contribution in [-0.2, 0) is 19.1 Å². The molecule has 9 nitrogen and oxygen atoms in total. The summed E-state index contributed by atoms with van der Waals surface area (Å²) in [5, 5.41) is 10.7. The first-order valence-corrected chi connectivity index (χ1v) is 13.6. The minimum absolute atomic E-state index is 0.144. The molecule has 0 bridgehead atoms. The van der Waals surface area contributed by atoms with Crippen LogP contribution in [0, 0.1) is 0 Å². The Morgan fingerprint density at radius 1 is 0.951 bits per heavy atom. The van der Waals surface area contributed by atoms with Crippen LogP contribution in [0.3, 0.4) is 0 Å². The number of carbonyl (C=O) groups is 1. The van der Waals surface area contributed by atoms with Gasteiger partial charge in [-0.2, -0.15) is 23.3 Å². The number of alkyl halides is 3. The van der Waals surface area contributed by atoms with E-state index in [-0.39, 0.29) is 6.42 Å². The van der Waals surface area contributed by atoms with E-state index in [0.29, 0.717) is 23.2 Å². The fraction of sp³-hybridized carbons (Fsp3) is 0.345. The quantitative estimate of drug-likeness (QED) is 0.276. The highest BCUT2D eigenvalue weighted by molar-refractivity contribution is 5.97. The molecule has 3 aromatic heterocycles. The van der Waals surface area contributed by atoms with Crippen LogP contribution in [0.25, 0.3) is 0 Å². The van der Waals surface area contributed by atoms with Crippen molar-refractivity contribution in [3.05, 3.63) is 89.0 Å². The third-order valence-corrected chi connectivity index (χ3v) is 7.34. The van der Waals surface area contributed by atoms with Gasteiger partial charge in [-0.25, -0.2) is 4.98 Å². The van der Waals surface area contributed by atoms with Crippen molar-refractivity contribution < 1.29 is 18.0 Å². The molecule has 41 heavy (non-hydrogen) atoms. The number of rotatable bonds is 9. The van der Waals surface area contributed by atoms with Crippen molar-refractivity contribution in [2.45, 2.75) is 37.9 Å². The van der Waals surface area contributed by atoms with Crippen LogP contribution in [0.4, 0.5) is 30.8 Å². The number of Topliss-reactive ketones (excluding diaryl/α,β-unsaturated/α-hetero) is 1. The zero-order valence-electron chi connectivity index (χ0n) is 22.2. The lowest BCUT2D eigenvalue weighted by molar-refractivity contribution is -0.138. The van der Waals surface area contributed by atoms with E-state index < -0.39 is 23.2 Å². The zero-order valence-corrected chi connectivity index (χ0v) is 22.2. The molecule has 4 aromatic rings. The molecule has 2 N–H and O–H groups in total. The number of carbonyl (C=O) groups excluding carboxylic acids is 1. The van der Waals surface area contributed by atoms with Gasteiger partial charge >= 0.3 is 6.18 Å². The van der Waals surface area contributed by atoms with Crippen molar-refractivity contribution in [3.8, 4) is 0 Å². The number of hydrogen-bond donors (Lipinski definition) is 2. The molecular formula is C29H29F3N8O. The number of ketones is 1. The summed E-state index contributed by atoms with van der Waals surface area (Å²) in [6, 6.07) is 13.3. The summed E-state index contributed by atoms with van der Waals surface area (Å²) in [6.45, 7) is 3.92. The van der Waals surface area contributed by atoms with Crippen molar-refractivity contribution in [1.82, 2.24) is 30.0 Å². The summed E-state index contributed by atoms with van der Waals surface area (Å²) in [7, 11) is 0. The van der Waals surface area contributed by atoms with Crippen LogP contribution in [0.5, 0.6) is 0 Å². The predicted octanol–water partition coefficient (Wildman–Crippen LogP) is 4.98. The van der Waals surface area contributed by atoms with E-state index in [1.807, 2.05) is 24.3 Å². The van der Waals surface area contributed by atoms with Crippen molar-refractivity contribution in [1.29, 1.82) is 0 Å². The summed E-state index contributed by atoms with van der Waals surface area (Å²) in [4.78, 5) is 29.9. The van der Waals surface area contributed by atoms with Gasteiger partial charge < -0.3 is 10.2 Å². The van der Waals surface area contributed by atoms with Gasteiger partial charge in [0.05, 0.1) is 5.56 Å². The van der Waals surface area contributed by atoms with Gasteiger partial charge in [0.1, 0.15) is 11.5 Å². The smallest absolute Gasteiger partial charge is 0.338 e. The fourth-order valence-electron chi connectivity index (χ4n) is 4.96. The number of aromatic nitrogens is 5. The normalized spacial score (nSPS) is 16.1. The van der Waals surface area contributed by atoms with Gasteiger partial charge in [0, 0.05) is 69.2 Å². The van der Waals surface area contributed by atoms with Gasteiger partial charge in [-0.3, -0.25) is 19.8 Å². The first-order valence-electron chi connectivity index (χ1n) is 13.6. The summed E-state index contributed by atoms with van der Waals surface area (Å²) in [5.74, 6) is 2.06. The first kappa shape index (κ1) is 26.9. The maximum atomic E-state index is 13.3. The monoisotopic (exact) mass is 562 g/mol. The summed E-state index contributed by atoms with van der Waals surface area (Å²) in [6.07, 6.45) is 0.595. The number of aromatic amines is 1. The Morgan fingerprint density at radius 2 is 1.71 bits per heavy atom. The highest BCUT2D eigenvalue weighted by Crippen LogP contribution is 2.39. The molecule has 0 amide bonds. The molecule has 1 aliphatic carbocycles. The maximum Gasteiger partial charge on any atom is 0.418 e. The van der Waals surface area contributed by atoms with E-state index in [0.717, 1.165) is 55.9 Å². The molecule has 0 radical (unpaired) electrons. The average Bonchev–Trinajstić information content (AvgIpc) is 3.72. The third-order valence-electron chi connectivity index (χ3n) is 7.34. The number of nitrogens with one attached hydrogen (secondary N) is 2. The molecule has 2 aliphatic rings. The van der Waals surface area contributed by atoms with Gasteiger partial charge in [0.25, 0.3) is 0 Å². The fourth-order valence-corrected chi connectivity index (χ4v) is 4.96. The maximum absolute atomic E-state index is 13.3. The Labute approximate surface area is 234 Å². The molecule has 1 saturated carbocycles. The van der Waals surface area contributed by atoms with Crippen molar-refractivity contribution in [2.75, 3.05) is 36.4 Å². The molecule has 6 rings (SSSR count). The second-order valence-corrected chi connectivity index (χ2v) is 10.4. The second-order valence-electron chi connectivity index (χ2n) is 10.4. The molecule has 0 unspecified atom stereocenters. The minimum Gasteiger partial charge on any atom is -0.338 e. The number of pyridine rings is 1. The molecule has 1 saturated heterocycles. The molecular weight excluding hydrogens is 533 g/mol. The molecule has 2 fully saturated rings. The number of benzene rings is 1. The van der Waals surface area contributed by atoms with Crippen LogP contribution in [0.15, 0.2) is 60.9 Å². The minimum atomic E-state index is -4.63. The largest absolute Gasteiger partial charge is 0.418 e. The molecule has 1 aliphatic heterocycles. The molecule has 4 heterocycles. The highest BCUT2D eigenvalue weighted by atomic mass is 19.4. The van der Waals surface area contributed by atoms with Crippen LogP contribution >= 0.6 is 0 Å². The van der Waals surface area contributed by atoms with Gasteiger partial charge in [0.2, 0.25) is 5.95 Å². The van der Waals surface area contributed by atoms with E-state index in [1.54, 1.807) is 18.3 Å². The van der Waals surface area contributed by atoms with E-state index in [1.165, 1.54) is 25.1 Å². The Bertz CT molecular complexity index is 1510. The molecule has 212 valence electrons. The van der Waals surface area contributed by atoms with Crippen molar-refractivity contribution >= 4 is 23.4 Å². The number of halogens is 3. The van der Waals surface area contributed by atoms with Crippen LogP contribution in [-0.4, -0.2) is 62.0 Å². The lowest BCUT2D eigenvalue weighted by atomic mass is 10.0. The summed E-state index contributed by atoms with van der Waals surface area (Å²) < 4.78 is 39.8. The predicted molar refractivity (Wildman–Crippen MR) is 147 cm³/mol. The molecule has 1 aromatic carbocycles. The van der Waals surface area contributed by atoms with Gasteiger partial charge in [0.15, 0.2) is 11.6 Å². The summed E-state index contributed by atoms with van der Waals surface area (Å²) >= 11 is 0. The zero-order chi connectivity index (χ0) is 28.4. The van der Waals surface area contributed by atoms with Crippen molar-refractivity contribution in [2.24, 2.45) is 0 Å². The van der Waals surface area contributed by atoms with Crippen LogP contribution in [0.2, 0.25) is 0 Å². The highest BCUT2D eigenvalue weighted by Gasteiger charge is 2.35. The number of anilines is 3. The van der Waals surface area contributed by atoms with E-state index in [9.17, 15) is 18.0 Å². The number of H-pyrrole nitrogens is 1. The first-order chi connectivity index (χ1) is 19.8. The topological polar surface area (TPSA) is 103 Å². The van der Waals surface area contributed by atoms with Crippen LogP contribution < -0.4 is 10.2 Å². The molecule has 0 atom stereocenters.